The number of nitriles is 1. The summed E-state index contributed by atoms with van der Waals surface area (Å²) in [4.78, 5) is 17.3. The molecular formula is C26H21N3O3. The van der Waals surface area contributed by atoms with Gasteiger partial charge in [-0.15, -0.1) is 0 Å². The fourth-order valence-corrected chi connectivity index (χ4v) is 3.32. The van der Waals surface area contributed by atoms with Gasteiger partial charge in [0.25, 0.3) is 5.91 Å². The van der Waals surface area contributed by atoms with Crippen LogP contribution in [0.4, 0.5) is 5.69 Å². The fourth-order valence-electron chi connectivity index (χ4n) is 3.32. The lowest BCUT2D eigenvalue weighted by Crippen LogP contribution is -2.15. The van der Waals surface area contributed by atoms with E-state index in [1.54, 1.807) is 43.5 Å². The maximum Gasteiger partial charge on any atom is 0.257 e. The summed E-state index contributed by atoms with van der Waals surface area (Å²) in [6, 6.07) is 22.1. The Morgan fingerprint density at radius 1 is 1.09 bits per heavy atom. The molecule has 158 valence electrons. The first-order chi connectivity index (χ1) is 15.5. The van der Waals surface area contributed by atoms with Crippen LogP contribution >= 0.6 is 0 Å². The molecule has 32 heavy (non-hydrogen) atoms. The summed E-state index contributed by atoms with van der Waals surface area (Å²) in [7, 11) is 0. The molecule has 0 bridgehead atoms. The number of benzene rings is 2. The number of amides is 1. The Morgan fingerprint density at radius 3 is 2.69 bits per heavy atom. The number of anilines is 1. The second-order valence-corrected chi connectivity index (χ2v) is 7.34. The number of furan rings is 1. The number of hydrogen-bond acceptors (Lipinski definition) is 5. The highest BCUT2D eigenvalue weighted by molar-refractivity contribution is 6.05. The van der Waals surface area contributed by atoms with Gasteiger partial charge in [-0.1, -0.05) is 12.1 Å². The van der Waals surface area contributed by atoms with Gasteiger partial charge in [0, 0.05) is 5.69 Å². The summed E-state index contributed by atoms with van der Waals surface area (Å²) in [6.45, 7) is 4.06. The van der Waals surface area contributed by atoms with Crippen molar-refractivity contribution >= 4 is 11.6 Å². The molecule has 0 saturated heterocycles. The highest BCUT2D eigenvalue weighted by Crippen LogP contribution is 2.24. The maximum absolute atomic E-state index is 12.8. The average Bonchev–Trinajstić information content (AvgIpc) is 3.34. The Kier molecular flexibility index (Phi) is 6.00. The van der Waals surface area contributed by atoms with Crippen LogP contribution in [0.5, 0.6) is 5.75 Å². The predicted molar refractivity (Wildman–Crippen MR) is 121 cm³/mol. The van der Waals surface area contributed by atoms with E-state index in [0.717, 1.165) is 11.1 Å². The van der Waals surface area contributed by atoms with Crippen molar-refractivity contribution < 1.29 is 13.9 Å². The zero-order valence-electron chi connectivity index (χ0n) is 17.8. The van der Waals surface area contributed by atoms with Gasteiger partial charge >= 0.3 is 0 Å². The van der Waals surface area contributed by atoms with Crippen molar-refractivity contribution in [2.75, 3.05) is 5.32 Å². The van der Waals surface area contributed by atoms with Gasteiger partial charge in [0.1, 0.15) is 18.1 Å². The van der Waals surface area contributed by atoms with Crippen molar-refractivity contribution in [3.8, 4) is 23.3 Å². The first-order valence-corrected chi connectivity index (χ1v) is 10.1. The number of nitrogens with zero attached hydrogens (tertiary/aromatic N) is 2. The predicted octanol–water partition coefficient (Wildman–Crippen LogP) is 5.66. The maximum atomic E-state index is 12.8. The van der Waals surface area contributed by atoms with Crippen molar-refractivity contribution in [2.45, 2.75) is 20.5 Å². The topological polar surface area (TPSA) is 88.1 Å². The molecule has 1 amide bonds. The number of nitrogens with one attached hydrogen (secondary N) is 1. The molecule has 0 spiro atoms. The smallest absolute Gasteiger partial charge is 0.257 e. The average molecular weight is 423 g/mol. The molecule has 4 rings (SSSR count). The largest absolute Gasteiger partial charge is 0.489 e. The molecule has 0 unspecified atom stereocenters. The molecular weight excluding hydrogens is 402 g/mol. The lowest BCUT2D eigenvalue weighted by atomic mass is 10.1. The van der Waals surface area contributed by atoms with Crippen LogP contribution in [0.1, 0.15) is 32.7 Å². The summed E-state index contributed by atoms with van der Waals surface area (Å²) in [5, 5.41) is 12.0. The third kappa shape index (κ3) is 4.68. The quantitative estimate of drug-likeness (QED) is 0.432. The molecule has 2 aromatic heterocycles. The van der Waals surface area contributed by atoms with Gasteiger partial charge in [-0.25, -0.2) is 4.98 Å². The zero-order chi connectivity index (χ0) is 22.5. The van der Waals surface area contributed by atoms with Crippen LogP contribution in [0.25, 0.3) is 11.5 Å². The number of pyridine rings is 1. The van der Waals surface area contributed by atoms with Crippen LogP contribution in [0, 0.1) is 25.2 Å². The lowest BCUT2D eigenvalue weighted by molar-refractivity contribution is 0.102. The van der Waals surface area contributed by atoms with Gasteiger partial charge in [-0.3, -0.25) is 4.79 Å². The van der Waals surface area contributed by atoms with Crippen LogP contribution in [-0.2, 0) is 6.61 Å². The standard InChI is InChI=1S/C26H21N3O3/c1-17-13-21(32-16-20-6-3-5-19(14-20)15-27)8-10-23(17)29-26(30)22-9-11-24(28-18(22)2)25-7-4-12-31-25/h3-14H,16H2,1-2H3,(H,29,30). The van der Waals surface area contributed by atoms with E-state index in [9.17, 15) is 4.79 Å². The van der Waals surface area contributed by atoms with Gasteiger partial charge in [-0.05, 0) is 79.6 Å². The Labute approximate surface area is 186 Å². The molecule has 2 heterocycles. The molecule has 6 nitrogen and oxygen atoms in total. The van der Waals surface area contributed by atoms with E-state index >= 15 is 0 Å². The Bertz CT molecular complexity index is 1300. The van der Waals surface area contributed by atoms with Crippen LogP contribution < -0.4 is 10.1 Å². The van der Waals surface area contributed by atoms with Crippen molar-refractivity contribution in [3.63, 3.8) is 0 Å². The minimum atomic E-state index is -0.230. The number of aryl methyl sites for hydroxylation is 2. The van der Waals surface area contributed by atoms with E-state index in [4.69, 9.17) is 14.4 Å². The molecule has 0 radical (unpaired) electrons. The molecule has 4 aromatic rings. The van der Waals surface area contributed by atoms with Gasteiger partial charge in [0.05, 0.1) is 29.2 Å². The highest BCUT2D eigenvalue weighted by Gasteiger charge is 2.14. The monoisotopic (exact) mass is 423 g/mol. The Morgan fingerprint density at radius 2 is 1.97 bits per heavy atom. The van der Waals surface area contributed by atoms with E-state index < -0.39 is 0 Å². The van der Waals surface area contributed by atoms with Crippen LogP contribution in [0.2, 0.25) is 0 Å². The first-order valence-electron chi connectivity index (χ1n) is 10.1. The number of aromatic nitrogens is 1. The molecule has 0 aliphatic carbocycles. The van der Waals surface area contributed by atoms with E-state index in [1.165, 1.54) is 0 Å². The number of ether oxygens (including phenoxy) is 1. The fraction of sp³-hybridized carbons (Fsp3) is 0.115. The summed E-state index contributed by atoms with van der Waals surface area (Å²) in [5.74, 6) is 1.11. The summed E-state index contributed by atoms with van der Waals surface area (Å²) < 4.78 is 11.2. The number of carbonyl (C=O) groups is 1. The third-order valence-electron chi connectivity index (χ3n) is 5.01. The number of hydrogen-bond donors (Lipinski definition) is 1. The third-order valence-corrected chi connectivity index (χ3v) is 5.01. The zero-order valence-corrected chi connectivity index (χ0v) is 17.8. The number of rotatable bonds is 6. The van der Waals surface area contributed by atoms with E-state index in [2.05, 4.69) is 16.4 Å². The van der Waals surface area contributed by atoms with Crippen molar-refractivity contribution in [2.24, 2.45) is 0 Å². The Hall–Kier alpha value is -4.37. The number of carbonyl (C=O) groups excluding carboxylic acids is 1. The van der Waals surface area contributed by atoms with Gasteiger partial charge in [0.15, 0.2) is 5.76 Å². The molecule has 0 fully saturated rings. The molecule has 1 N–H and O–H groups in total. The molecule has 0 aliphatic rings. The minimum Gasteiger partial charge on any atom is -0.489 e. The molecule has 6 heteroatoms. The van der Waals surface area contributed by atoms with Crippen molar-refractivity contribution in [1.82, 2.24) is 4.98 Å². The van der Waals surface area contributed by atoms with Gasteiger partial charge in [-0.2, -0.15) is 5.26 Å². The summed E-state index contributed by atoms with van der Waals surface area (Å²) in [5.41, 5.74) is 4.89. The minimum absolute atomic E-state index is 0.230. The second kappa shape index (κ2) is 9.19. The Balaban J connectivity index is 1.43. The van der Waals surface area contributed by atoms with E-state index in [1.807, 2.05) is 43.3 Å². The summed E-state index contributed by atoms with van der Waals surface area (Å²) >= 11 is 0. The van der Waals surface area contributed by atoms with Gasteiger partial charge < -0.3 is 14.5 Å². The summed E-state index contributed by atoms with van der Waals surface area (Å²) in [6.07, 6.45) is 1.59. The van der Waals surface area contributed by atoms with E-state index in [0.29, 0.717) is 46.3 Å². The van der Waals surface area contributed by atoms with Crippen LogP contribution in [0.15, 0.2) is 77.4 Å². The highest BCUT2D eigenvalue weighted by atomic mass is 16.5. The van der Waals surface area contributed by atoms with Crippen LogP contribution in [0.3, 0.4) is 0 Å². The SMILES string of the molecule is Cc1cc(OCc2cccc(C#N)c2)ccc1NC(=O)c1ccc(-c2ccco2)nc1C. The molecule has 2 aromatic carbocycles. The van der Waals surface area contributed by atoms with Crippen LogP contribution in [-0.4, -0.2) is 10.9 Å². The second-order valence-electron chi connectivity index (χ2n) is 7.34. The normalized spacial score (nSPS) is 10.4. The lowest BCUT2D eigenvalue weighted by Gasteiger charge is -2.13. The molecule has 0 atom stereocenters. The molecule has 0 saturated carbocycles. The first kappa shape index (κ1) is 20.9. The van der Waals surface area contributed by atoms with E-state index in [-0.39, 0.29) is 5.91 Å². The van der Waals surface area contributed by atoms with Crippen molar-refractivity contribution in [1.29, 1.82) is 5.26 Å². The van der Waals surface area contributed by atoms with Gasteiger partial charge in [0.2, 0.25) is 0 Å². The molecule has 0 aliphatic heterocycles. The van der Waals surface area contributed by atoms with Crippen molar-refractivity contribution in [3.05, 3.63) is 101 Å².